The Morgan fingerprint density at radius 2 is 2.18 bits per heavy atom. The average Bonchev–Trinajstić information content (AvgIpc) is 2.25. The molecule has 0 bridgehead atoms. The Morgan fingerprint density at radius 3 is 2.71 bits per heavy atom. The highest BCUT2D eigenvalue weighted by Crippen LogP contribution is 2.28. The molecule has 5 heteroatoms. The third kappa shape index (κ3) is 3.86. The van der Waals surface area contributed by atoms with E-state index in [1.165, 1.54) is 13.0 Å². The highest BCUT2D eigenvalue weighted by molar-refractivity contribution is 5.78. The van der Waals surface area contributed by atoms with Crippen molar-refractivity contribution in [2.75, 3.05) is 6.61 Å². The number of carbonyl (C=O) groups is 1. The van der Waals surface area contributed by atoms with Gasteiger partial charge in [-0.25, -0.2) is 0 Å². The van der Waals surface area contributed by atoms with Crippen LogP contribution in [0.25, 0.3) is 0 Å². The largest absolute Gasteiger partial charge is 0.487 e. The van der Waals surface area contributed by atoms with Gasteiger partial charge in [0.05, 0.1) is 11.5 Å². The number of ketones is 1. The molecule has 92 valence electrons. The van der Waals surface area contributed by atoms with Crippen molar-refractivity contribution >= 4 is 11.5 Å². The molecule has 0 atom stereocenters. The van der Waals surface area contributed by atoms with E-state index in [1.807, 2.05) is 6.92 Å². The third-order valence-electron chi connectivity index (χ3n) is 2.14. The van der Waals surface area contributed by atoms with E-state index in [4.69, 9.17) is 4.74 Å². The van der Waals surface area contributed by atoms with Crippen molar-refractivity contribution < 1.29 is 14.5 Å². The van der Waals surface area contributed by atoms with Crippen LogP contribution in [0.3, 0.4) is 0 Å². The second-order valence-electron chi connectivity index (χ2n) is 3.79. The van der Waals surface area contributed by atoms with E-state index in [2.05, 4.69) is 0 Å². The van der Waals surface area contributed by atoms with E-state index in [0.29, 0.717) is 6.61 Å². The van der Waals surface area contributed by atoms with Gasteiger partial charge in [-0.3, -0.25) is 14.9 Å². The van der Waals surface area contributed by atoms with Gasteiger partial charge < -0.3 is 4.74 Å². The fourth-order valence-electron chi connectivity index (χ4n) is 1.43. The Hall–Kier alpha value is -1.91. The highest BCUT2D eigenvalue weighted by atomic mass is 16.6. The van der Waals surface area contributed by atoms with Crippen LogP contribution in [0.4, 0.5) is 5.69 Å². The molecule has 0 aliphatic carbocycles. The van der Waals surface area contributed by atoms with E-state index >= 15 is 0 Å². The van der Waals surface area contributed by atoms with Crippen LogP contribution in [-0.2, 0) is 11.2 Å². The number of ether oxygens (including phenoxy) is 1. The number of rotatable bonds is 6. The minimum atomic E-state index is -0.484. The van der Waals surface area contributed by atoms with Crippen molar-refractivity contribution in [2.24, 2.45) is 0 Å². The van der Waals surface area contributed by atoms with Crippen molar-refractivity contribution in [1.29, 1.82) is 0 Å². The summed E-state index contributed by atoms with van der Waals surface area (Å²) in [5.74, 6) is 0.246. The van der Waals surface area contributed by atoms with Gasteiger partial charge >= 0.3 is 5.69 Å². The molecular weight excluding hydrogens is 222 g/mol. The average molecular weight is 237 g/mol. The molecule has 1 aromatic carbocycles. The summed E-state index contributed by atoms with van der Waals surface area (Å²) in [7, 11) is 0. The topological polar surface area (TPSA) is 69.4 Å². The fourth-order valence-corrected chi connectivity index (χ4v) is 1.43. The monoisotopic (exact) mass is 237 g/mol. The number of nitrogens with zero attached hydrogens (tertiary/aromatic N) is 1. The highest BCUT2D eigenvalue weighted by Gasteiger charge is 2.15. The maximum Gasteiger partial charge on any atom is 0.310 e. The van der Waals surface area contributed by atoms with Crippen LogP contribution >= 0.6 is 0 Å². The fraction of sp³-hybridized carbons (Fsp3) is 0.417. The summed E-state index contributed by atoms with van der Waals surface area (Å²) < 4.78 is 5.32. The van der Waals surface area contributed by atoms with Gasteiger partial charge in [0, 0.05) is 12.5 Å². The van der Waals surface area contributed by atoms with Crippen LogP contribution in [0.15, 0.2) is 18.2 Å². The molecule has 0 amide bonds. The summed E-state index contributed by atoms with van der Waals surface area (Å²) in [6, 6.07) is 4.52. The van der Waals surface area contributed by atoms with Crippen LogP contribution in [0.1, 0.15) is 25.8 Å². The van der Waals surface area contributed by atoms with Gasteiger partial charge in [-0.15, -0.1) is 0 Å². The van der Waals surface area contributed by atoms with E-state index < -0.39 is 4.92 Å². The summed E-state index contributed by atoms with van der Waals surface area (Å²) in [5, 5.41) is 10.8. The van der Waals surface area contributed by atoms with Crippen LogP contribution in [0.2, 0.25) is 0 Å². The molecule has 0 radical (unpaired) electrons. The number of hydrogen-bond acceptors (Lipinski definition) is 4. The first-order chi connectivity index (χ1) is 8.04. The quantitative estimate of drug-likeness (QED) is 0.563. The van der Waals surface area contributed by atoms with E-state index in [9.17, 15) is 14.9 Å². The lowest BCUT2D eigenvalue weighted by atomic mass is 10.1. The number of carbonyl (C=O) groups excluding carboxylic acids is 1. The van der Waals surface area contributed by atoms with Crippen molar-refractivity contribution in [3.63, 3.8) is 0 Å². The second kappa shape index (κ2) is 5.98. The van der Waals surface area contributed by atoms with Crippen molar-refractivity contribution in [3.05, 3.63) is 33.9 Å². The van der Waals surface area contributed by atoms with Gasteiger partial charge in [-0.1, -0.05) is 13.0 Å². The normalized spacial score (nSPS) is 10.0. The van der Waals surface area contributed by atoms with Crippen molar-refractivity contribution in [3.8, 4) is 5.75 Å². The molecule has 1 aromatic rings. The van der Waals surface area contributed by atoms with Crippen LogP contribution < -0.4 is 4.74 Å². The first kappa shape index (κ1) is 13.2. The number of nitro benzene ring substituents is 1. The lowest BCUT2D eigenvalue weighted by Crippen LogP contribution is -2.02. The molecule has 0 saturated carbocycles. The maximum absolute atomic E-state index is 11.0. The Bertz CT molecular complexity index is 429. The lowest BCUT2D eigenvalue weighted by Gasteiger charge is -2.07. The Labute approximate surface area is 99.5 Å². The van der Waals surface area contributed by atoms with E-state index in [-0.39, 0.29) is 23.6 Å². The first-order valence-electron chi connectivity index (χ1n) is 5.44. The summed E-state index contributed by atoms with van der Waals surface area (Å²) in [6.07, 6.45) is 1.04. The van der Waals surface area contributed by atoms with Gasteiger partial charge in [0.1, 0.15) is 5.78 Å². The molecule has 0 aliphatic rings. The Balaban J connectivity index is 3.00. The molecule has 0 aromatic heterocycles. The molecule has 0 fully saturated rings. The summed E-state index contributed by atoms with van der Waals surface area (Å²) in [6.45, 7) is 3.82. The minimum Gasteiger partial charge on any atom is -0.487 e. The molecule has 17 heavy (non-hydrogen) atoms. The maximum atomic E-state index is 11.0. The van der Waals surface area contributed by atoms with Crippen LogP contribution in [0, 0.1) is 10.1 Å². The number of hydrogen-bond donors (Lipinski definition) is 0. The van der Waals surface area contributed by atoms with Gasteiger partial charge in [-0.05, 0) is 25.0 Å². The summed E-state index contributed by atoms with van der Waals surface area (Å²) in [5.41, 5.74) is 0.667. The predicted molar refractivity (Wildman–Crippen MR) is 63.3 cm³/mol. The standard InChI is InChI=1S/C12H15NO4/c1-3-6-17-12-8-10(7-9(2)14)4-5-11(12)13(15)16/h4-5,8H,3,6-7H2,1-2H3. The van der Waals surface area contributed by atoms with E-state index in [1.54, 1.807) is 12.1 Å². The van der Waals surface area contributed by atoms with Crippen molar-refractivity contribution in [2.45, 2.75) is 26.7 Å². The van der Waals surface area contributed by atoms with Crippen molar-refractivity contribution in [1.82, 2.24) is 0 Å². The van der Waals surface area contributed by atoms with Gasteiger partial charge in [-0.2, -0.15) is 0 Å². The summed E-state index contributed by atoms with van der Waals surface area (Å²) >= 11 is 0. The second-order valence-corrected chi connectivity index (χ2v) is 3.79. The molecule has 0 spiro atoms. The van der Waals surface area contributed by atoms with Gasteiger partial charge in [0.25, 0.3) is 0 Å². The molecule has 5 nitrogen and oxygen atoms in total. The molecule has 1 rings (SSSR count). The first-order valence-corrected chi connectivity index (χ1v) is 5.44. The third-order valence-corrected chi connectivity index (χ3v) is 2.14. The Morgan fingerprint density at radius 1 is 1.47 bits per heavy atom. The molecule has 0 heterocycles. The predicted octanol–water partition coefficient (Wildman–Crippen LogP) is 2.52. The van der Waals surface area contributed by atoms with Gasteiger partial charge in [0.2, 0.25) is 0 Å². The zero-order chi connectivity index (χ0) is 12.8. The van der Waals surface area contributed by atoms with Gasteiger partial charge in [0.15, 0.2) is 5.75 Å². The molecule has 0 unspecified atom stereocenters. The SMILES string of the molecule is CCCOc1cc(CC(C)=O)ccc1[N+](=O)[O-]. The smallest absolute Gasteiger partial charge is 0.310 e. The zero-order valence-corrected chi connectivity index (χ0v) is 9.93. The van der Waals surface area contributed by atoms with Crippen LogP contribution in [0.5, 0.6) is 5.75 Å². The van der Waals surface area contributed by atoms with E-state index in [0.717, 1.165) is 12.0 Å². The lowest BCUT2D eigenvalue weighted by molar-refractivity contribution is -0.385. The summed E-state index contributed by atoms with van der Waals surface area (Å²) in [4.78, 5) is 21.3. The molecular formula is C12H15NO4. The molecule has 0 N–H and O–H groups in total. The Kier molecular flexibility index (Phi) is 4.63. The van der Waals surface area contributed by atoms with Crippen LogP contribution in [-0.4, -0.2) is 17.3 Å². The molecule has 0 aliphatic heterocycles. The number of benzene rings is 1. The number of nitro groups is 1. The zero-order valence-electron chi connectivity index (χ0n) is 9.93. The minimum absolute atomic E-state index is 0.0142. The number of Topliss-reactive ketones (excluding diaryl/α,β-unsaturated/α-hetero) is 1. The molecule has 0 saturated heterocycles.